The van der Waals surface area contributed by atoms with Gasteiger partial charge in [0.1, 0.15) is 10.8 Å². The summed E-state index contributed by atoms with van der Waals surface area (Å²) in [5, 5.41) is 1.95. The van der Waals surface area contributed by atoms with E-state index in [0.29, 0.717) is 17.4 Å². The molecule has 5 heteroatoms. The maximum absolute atomic E-state index is 13.2. The van der Waals surface area contributed by atoms with Crippen LogP contribution in [0.15, 0.2) is 30.3 Å². The van der Waals surface area contributed by atoms with Gasteiger partial charge in [-0.1, -0.05) is 49.7 Å². The lowest BCUT2D eigenvalue weighted by Crippen LogP contribution is -2.49. The van der Waals surface area contributed by atoms with Gasteiger partial charge in [-0.2, -0.15) is 0 Å². The van der Waals surface area contributed by atoms with Gasteiger partial charge in [-0.15, -0.1) is 0 Å². The predicted octanol–water partition coefficient (Wildman–Crippen LogP) is 4.50. The van der Waals surface area contributed by atoms with Crippen molar-refractivity contribution in [3.63, 3.8) is 0 Å². The van der Waals surface area contributed by atoms with Gasteiger partial charge in [0, 0.05) is 17.8 Å². The highest BCUT2D eigenvalue weighted by Gasteiger charge is 2.35. The summed E-state index contributed by atoms with van der Waals surface area (Å²) < 4.78 is 0. The van der Waals surface area contributed by atoms with Crippen molar-refractivity contribution in [3.8, 4) is 0 Å². The fraction of sp³-hybridized carbons (Fsp3) is 0.450. The molecule has 1 fully saturated rings. The topological polar surface area (TPSA) is 50.3 Å². The SMILES string of the molecule is CCC(C)C(=O)C1CCCCN1C(=O)c1nc(Cl)cc2ccccc12. The number of likely N-dealkylation sites (tertiary alicyclic amines) is 1. The number of fused-ring (bicyclic) bond motifs is 1. The Morgan fingerprint density at radius 1 is 1.32 bits per heavy atom. The number of hydrogen-bond acceptors (Lipinski definition) is 3. The molecule has 2 aromatic rings. The van der Waals surface area contributed by atoms with Crippen LogP contribution in [0.5, 0.6) is 0 Å². The molecule has 2 heterocycles. The number of benzene rings is 1. The summed E-state index contributed by atoms with van der Waals surface area (Å²) in [7, 11) is 0. The highest BCUT2D eigenvalue weighted by atomic mass is 35.5. The van der Waals surface area contributed by atoms with E-state index in [1.807, 2.05) is 38.1 Å². The van der Waals surface area contributed by atoms with Crippen LogP contribution in [-0.4, -0.2) is 34.2 Å². The first kappa shape index (κ1) is 17.9. The van der Waals surface area contributed by atoms with Crippen LogP contribution in [0, 0.1) is 5.92 Å². The molecule has 1 aromatic carbocycles. The predicted molar refractivity (Wildman–Crippen MR) is 99.9 cm³/mol. The molecular weight excluding hydrogens is 336 g/mol. The second-order valence-electron chi connectivity index (χ2n) is 6.74. The molecule has 1 aromatic heterocycles. The third-order valence-corrected chi connectivity index (χ3v) is 5.30. The molecule has 0 N–H and O–H groups in total. The molecule has 3 rings (SSSR count). The minimum absolute atomic E-state index is 0.0394. The summed E-state index contributed by atoms with van der Waals surface area (Å²) in [5.74, 6) is -0.0793. The van der Waals surface area contributed by atoms with Gasteiger partial charge in [-0.25, -0.2) is 4.98 Å². The second-order valence-corrected chi connectivity index (χ2v) is 7.12. The van der Waals surface area contributed by atoms with Gasteiger partial charge in [0.05, 0.1) is 6.04 Å². The van der Waals surface area contributed by atoms with Gasteiger partial charge in [-0.3, -0.25) is 9.59 Å². The third-order valence-electron chi connectivity index (χ3n) is 5.10. The first-order valence-electron chi connectivity index (χ1n) is 8.93. The second kappa shape index (κ2) is 7.52. The van der Waals surface area contributed by atoms with Crippen LogP contribution in [0.3, 0.4) is 0 Å². The van der Waals surface area contributed by atoms with Crippen LogP contribution in [0.25, 0.3) is 10.8 Å². The molecule has 0 radical (unpaired) electrons. The van der Waals surface area contributed by atoms with E-state index in [4.69, 9.17) is 11.6 Å². The number of carbonyl (C=O) groups is 2. The Morgan fingerprint density at radius 2 is 2.08 bits per heavy atom. The third kappa shape index (κ3) is 3.54. The monoisotopic (exact) mass is 358 g/mol. The number of carbonyl (C=O) groups excluding carboxylic acids is 2. The number of ketones is 1. The zero-order chi connectivity index (χ0) is 18.0. The van der Waals surface area contributed by atoms with Gasteiger partial charge in [-0.05, 0) is 37.1 Å². The van der Waals surface area contributed by atoms with Crippen molar-refractivity contribution >= 4 is 34.1 Å². The van der Waals surface area contributed by atoms with Crippen molar-refractivity contribution in [3.05, 3.63) is 41.2 Å². The van der Waals surface area contributed by atoms with Crippen LogP contribution in [-0.2, 0) is 4.79 Å². The van der Waals surface area contributed by atoms with Crippen molar-refractivity contribution in [2.45, 2.75) is 45.6 Å². The smallest absolute Gasteiger partial charge is 0.273 e. The van der Waals surface area contributed by atoms with Gasteiger partial charge in [0.25, 0.3) is 5.91 Å². The van der Waals surface area contributed by atoms with E-state index < -0.39 is 0 Å². The number of pyridine rings is 1. The Hall–Kier alpha value is -1.94. The zero-order valence-electron chi connectivity index (χ0n) is 14.7. The summed E-state index contributed by atoms with van der Waals surface area (Å²) in [6.45, 7) is 4.53. The molecule has 1 saturated heterocycles. The highest BCUT2D eigenvalue weighted by Crippen LogP contribution is 2.27. The molecule has 132 valence electrons. The number of Topliss-reactive ketones (excluding diaryl/α,β-unsaturated/α-hetero) is 1. The largest absolute Gasteiger partial charge is 0.327 e. The van der Waals surface area contributed by atoms with E-state index in [2.05, 4.69) is 4.98 Å². The van der Waals surface area contributed by atoms with E-state index in [1.54, 1.807) is 11.0 Å². The van der Waals surface area contributed by atoms with E-state index in [1.165, 1.54) is 0 Å². The average molecular weight is 359 g/mol. The number of hydrogen-bond donors (Lipinski definition) is 0. The number of nitrogens with zero attached hydrogens (tertiary/aromatic N) is 2. The highest BCUT2D eigenvalue weighted by molar-refractivity contribution is 6.30. The van der Waals surface area contributed by atoms with E-state index >= 15 is 0 Å². The quantitative estimate of drug-likeness (QED) is 0.756. The van der Waals surface area contributed by atoms with Crippen LogP contribution in [0.1, 0.15) is 50.0 Å². The van der Waals surface area contributed by atoms with E-state index in [0.717, 1.165) is 36.5 Å². The average Bonchev–Trinajstić information content (AvgIpc) is 2.65. The van der Waals surface area contributed by atoms with E-state index in [9.17, 15) is 9.59 Å². The molecule has 2 unspecified atom stereocenters. The van der Waals surface area contributed by atoms with Crippen LogP contribution in [0.2, 0.25) is 5.15 Å². The van der Waals surface area contributed by atoms with Crippen molar-refractivity contribution in [1.82, 2.24) is 9.88 Å². The molecule has 0 bridgehead atoms. The molecule has 0 spiro atoms. The standard InChI is InChI=1S/C20H23ClN2O2/c1-3-13(2)19(24)16-10-6-7-11-23(16)20(25)18-15-9-5-4-8-14(15)12-17(21)22-18/h4-5,8-9,12-13,16H,3,6-7,10-11H2,1-2H3. The summed E-state index contributed by atoms with van der Waals surface area (Å²) in [6, 6.07) is 8.98. The molecule has 1 aliphatic heterocycles. The van der Waals surface area contributed by atoms with Gasteiger partial charge >= 0.3 is 0 Å². The molecule has 0 aliphatic carbocycles. The minimum atomic E-state index is -0.351. The van der Waals surface area contributed by atoms with Gasteiger partial charge < -0.3 is 4.90 Å². The van der Waals surface area contributed by atoms with E-state index in [-0.39, 0.29) is 23.7 Å². The number of amides is 1. The van der Waals surface area contributed by atoms with Gasteiger partial charge in [0.2, 0.25) is 0 Å². The van der Waals surface area contributed by atoms with Crippen molar-refractivity contribution < 1.29 is 9.59 Å². The van der Waals surface area contributed by atoms with Crippen molar-refractivity contribution in [2.24, 2.45) is 5.92 Å². The maximum atomic E-state index is 13.2. The number of halogens is 1. The summed E-state index contributed by atoms with van der Waals surface area (Å²) in [4.78, 5) is 32.0. The Kier molecular flexibility index (Phi) is 5.38. The van der Waals surface area contributed by atoms with Crippen molar-refractivity contribution in [1.29, 1.82) is 0 Å². The molecule has 1 aliphatic rings. The Labute approximate surface area is 153 Å². The summed E-state index contributed by atoms with van der Waals surface area (Å²) in [6.07, 6.45) is 3.40. The summed E-state index contributed by atoms with van der Waals surface area (Å²) >= 11 is 6.13. The number of aromatic nitrogens is 1. The number of rotatable bonds is 4. The fourth-order valence-corrected chi connectivity index (χ4v) is 3.67. The van der Waals surface area contributed by atoms with Crippen LogP contribution < -0.4 is 0 Å². The molecular formula is C20H23ClN2O2. The minimum Gasteiger partial charge on any atom is -0.327 e. The zero-order valence-corrected chi connectivity index (χ0v) is 15.4. The lowest BCUT2D eigenvalue weighted by molar-refractivity contribution is -0.128. The lowest BCUT2D eigenvalue weighted by Gasteiger charge is -2.36. The Morgan fingerprint density at radius 3 is 2.84 bits per heavy atom. The Balaban J connectivity index is 2.00. The first-order valence-corrected chi connectivity index (χ1v) is 9.30. The summed E-state index contributed by atoms with van der Waals surface area (Å²) in [5.41, 5.74) is 0.340. The number of piperidine rings is 1. The maximum Gasteiger partial charge on any atom is 0.273 e. The fourth-order valence-electron chi connectivity index (χ4n) is 3.47. The molecule has 25 heavy (non-hydrogen) atoms. The normalized spacial score (nSPS) is 19.0. The molecule has 4 nitrogen and oxygen atoms in total. The molecule has 0 saturated carbocycles. The lowest BCUT2D eigenvalue weighted by atomic mass is 9.90. The molecule has 2 atom stereocenters. The van der Waals surface area contributed by atoms with Crippen LogP contribution in [0.4, 0.5) is 0 Å². The molecule has 1 amide bonds. The van der Waals surface area contributed by atoms with Crippen molar-refractivity contribution in [2.75, 3.05) is 6.54 Å². The Bertz CT molecular complexity index is 805. The van der Waals surface area contributed by atoms with Gasteiger partial charge in [0.15, 0.2) is 5.78 Å². The first-order chi connectivity index (χ1) is 12.0. The van der Waals surface area contributed by atoms with Crippen LogP contribution >= 0.6 is 11.6 Å².